The highest BCUT2D eigenvalue weighted by molar-refractivity contribution is 6.15. The molecule has 0 radical (unpaired) electrons. The molecule has 0 amide bonds. The van der Waals surface area contributed by atoms with E-state index >= 15 is 0 Å². The van der Waals surface area contributed by atoms with Gasteiger partial charge in [0.1, 0.15) is 11.2 Å². The molecule has 1 heterocycles. The van der Waals surface area contributed by atoms with Gasteiger partial charge < -0.3 is 4.42 Å². The van der Waals surface area contributed by atoms with Gasteiger partial charge in [-0.1, -0.05) is 152 Å². The average Bonchev–Trinajstić information content (AvgIpc) is 3.79. The number of rotatable bonds is 4. The van der Waals surface area contributed by atoms with Crippen LogP contribution in [0.3, 0.4) is 0 Å². The van der Waals surface area contributed by atoms with Crippen LogP contribution in [0, 0.1) is 23.7 Å². The Bertz CT molecular complexity index is 3040. The quantitative estimate of drug-likeness (QED) is 0.176. The number of furan rings is 1. The van der Waals surface area contributed by atoms with Crippen LogP contribution in [0.4, 0.5) is 0 Å². The van der Waals surface area contributed by atoms with Crippen molar-refractivity contribution < 1.29 is 4.42 Å². The number of fused-ring (bicyclic) bond motifs is 7. The number of hydrogen-bond donors (Lipinski definition) is 0. The van der Waals surface area contributed by atoms with Crippen LogP contribution in [0.2, 0.25) is 0 Å². The van der Waals surface area contributed by atoms with E-state index in [4.69, 9.17) is 4.42 Å². The van der Waals surface area contributed by atoms with Crippen LogP contribution in [-0.2, 0) is 5.41 Å². The Morgan fingerprint density at radius 1 is 0.386 bits per heavy atom. The molecular formula is C56H42O. The largest absolute Gasteiger partial charge is 0.456 e. The zero-order valence-electron chi connectivity index (χ0n) is 31.9. The summed E-state index contributed by atoms with van der Waals surface area (Å²) < 4.78 is 6.65. The van der Waals surface area contributed by atoms with Crippen molar-refractivity contribution in [2.24, 2.45) is 23.7 Å². The van der Waals surface area contributed by atoms with E-state index in [9.17, 15) is 0 Å². The zero-order valence-corrected chi connectivity index (χ0v) is 31.9. The van der Waals surface area contributed by atoms with Crippen LogP contribution in [-0.4, -0.2) is 0 Å². The smallest absolute Gasteiger partial charge is 0.136 e. The molecule has 1 heteroatoms. The van der Waals surface area contributed by atoms with E-state index in [1.807, 2.05) is 0 Å². The maximum atomic E-state index is 6.65. The third-order valence-electron chi connectivity index (χ3n) is 14.9. The van der Waals surface area contributed by atoms with Crippen LogP contribution in [0.1, 0.15) is 43.2 Å². The van der Waals surface area contributed by atoms with Gasteiger partial charge in [0.15, 0.2) is 0 Å². The molecule has 0 saturated heterocycles. The van der Waals surface area contributed by atoms with Crippen molar-refractivity contribution in [3.05, 3.63) is 181 Å². The molecule has 4 bridgehead atoms. The van der Waals surface area contributed by atoms with Crippen LogP contribution in [0.5, 0.6) is 0 Å². The number of hydrogen-bond acceptors (Lipinski definition) is 1. The molecule has 4 saturated carbocycles. The molecule has 8 aromatic carbocycles. The van der Waals surface area contributed by atoms with E-state index in [0.29, 0.717) is 0 Å². The lowest BCUT2D eigenvalue weighted by molar-refractivity contribution is -0.0399. The molecule has 1 nitrogen and oxygen atoms in total. The molecule has 1 spiro atoms. The Balaban J connectivity index is 0.940. The second-order valence-corrected chi connectivity index (χ2v) is 17.6. The average molecular weight is 731 g/mol. The highest BCUT2D eigenvalue weighted by atomic mass is 16.3. The lowest BCUT2D eigenvalue weighted by Gasteiger charge is -2.61. The molecule has 4 fully saturated rings. The molecule has 0 atom stereocenters. The summed E-state index contributed by atoms with van der Waals surface area (Å²) in [5.74, 6) is 3.36. The van der Waals surface area contributed by atoms with Crippen molar-refractivity contribution in [3.8, 4) is 55.6 Å². The molecule has 5 aliphatic rings. The lowest BCUT2D eigenvalue weighted by atomic mass is 9.43. The molecule has 9 aromatic rings. The Morgan fingerprint density at radius 2 is 0.965 bits per heavy atom. The number of benzene rings is 8. The Hall–Kier alpha value is -6.18. The summed E-state index contributed by atoms with van der Waals surface area (Å²) in [5.41, 5.74) is 18.2. The normalized spacial score (nSPS) is 22.8. The van der Waals surface area contributed by atoms with E-state index in [2.05, 4.69) is 170 Å². The molecule has 0 unspecified atom stereocenters. The van der Waals surface area contributed by atoms with Gasteiger partial charge in [0.2, 0.25) is 0 Å². The van der Waals surface area contributed by atoms with Crippen molar-refractivity contribution >= 4 is 32.7 Å². The van der Waals surface area contributed by atoms with Gasteiger partial charge in [-0.25, -0.2) is 0 Å². The summed E-state index contributed by atoms with van der Waals surface area (Å²) in [6, 6.07) is 63.4. The molecular weight excluding hydrogens is 689 g/mol. The molecule has 14 rings (SSSR count). The van der Waals surface area contributed by atoms with E-state index in [-0.39, 0.29) is 5.41 Å². The van der Waals surface area contributed by atoms with E-state index in [0.717, 1.165) is 34.8 Å². The Morgan fingerprint density at radius 3 is 1.74 bits per heavy atom. The Labute approximate surface area is 333 Å². The first-order chi connectivity index (χ1) is 28.2. The predicted molar refractivity (Wildman–Crippen MR) is 236 cm³/mol. The van der Waals surface area contributed by atoms with Gasteiger partial charge >= 0.3 is 0 Å². The summed E-state index contributed by atoms with van der Waals surface area (Å²) in [7, 11) is 0. The van der Waals surface area contributed by atoms with E-state index in [1.54, 1.807) is 11.1 Å². The molecule has 57 heavy (non-hydrogen) atoms. The van der Waals surface area contributed by atoms with Gasteiger partial charge in [0, 0.05) is 16.2 Å². The van der Waals surface area contributed by atoms with Crippen LogP contribution in [0.15, 0.2) is 174 Å². The highest BCUT2D eigenvalue weighted by Crippen LogP contribution is 2.70. The molecule has 5 aliphatic carbocycles. The Kier molecular flexibility index (Phi) is 6.68. The molecule has 1 aromatic heterocycles. The van der Waals surface area contributed by atoms with Crippen LogP contribution >= 0.6 is 0 Å². The van der Waals surface area contributed by atoms with Gasteiger partial charge in [-0.15, -0.1) is 0 Å². The first kappa shape index (κ1) is 32.0. The fourth-order valence-electron chi connectivity index (χ4n) is 12.9. The van der Waals surface area contributed by atoms with Crippen molar-refractivity contribution in [2.45, 2.75) is 37.5 Å². The minimum absolute atomic E-state index is 0.149. The van der Waals surface area contributed by atoms with Gasteiger partial charge in [0.25, 0.3) is 0 Å². The van der Waals surface area contributed by atoms with Crippen molar-refractivity contribution in [1.29, 1.82) is 0 Å². The summed E-state index contributed by atoms with van der Waals surface area (Å²) in [4.78, 5) is 0. The SMILES string of the molecule is c1ccc(-c2cccc3cccc(-c4ccc(-c5ccc6oc7cccc(-c8cccc9c8-c8ccccc8C98C9CC%10CC(C9)CC8C%10)c7c6c5)cc4)c23)cc1. The predicted octanol–water partition coefficient (Wildman–Crippen LogP) is 15.1. The van der Waals surface area contributed by atoms with Gasteiger partial charge in [-0.2, -0.15) is 0 Å². The van der Waals surface area contributed by atoms with Gasteiger partial charge in [-0.05, 0) is 152 Å². The fraction of sp³-hybridized carbons (Fsp3) is 0.179. The second-order valence-electron chi connectivity index (χ2n) is 17.6. The minimum Gasteiger partial charge on any atom is -0.456 e. The van der Waals surface area contributed by atoms with Gasteiger partial charge in [0.05, 0.1) is 0 Å². The molecule has 0 N–H and O–H groups in total. The third-order valence-corrected chi connectivity index (χ3v) is 14.9. The first-order valence-electron chi connectivity index (χ1n) is 21.1. The lowest BCUT2D eigenvalue weighted by Crippen LogP contribution is -2.55. The summed E-state index contributed by atoms with van der Waals surface area (Å²) in [6.45, 7) is 0. The summed E-state index contributed by atoms with van der Waals surface area (Å²) >= 11 is 0. The highest BCUT2D eigenvalue weighted by Gasteiger charge is 2.61. The van der Waals surface area contributed by atoms with Crippen molar-refractivity contribution in [2.75, 3.05) is 0 Å². The van der Waals surface area contributed by atoms with E-state index in [1.165, 1.54) is 109 Å². The third kappa shape index (κ3) is 4.46. The fourth-order valence-corrected chi connectivity index (χ4v) is 12.9. The topological polar surface area (TPSA) is 13.1 Å². The maximum Gasteiger partial charge on any atom is 0.136 e. The van der Waals surface area contributed by atoms with Crippen molar-refractivity contribution in [1.82, 2.24) is 0 Å². The zero-order chi connectivity index (χ0) is 37.2. The standard InChI is InChI=1S/C56H42O/c1-2-10-37(11-3-1)43-15-6-12-39-13-7-16-44(53(39)43)38-24-22-36(23-25-38)40-26-27-51-48(33-40)55-46(18-9-21-52(55)57-51)45-17-8-20-50-54(45)47-14-4-5-19-49(47)56(50)41-29-34-28-35(31-41)32-42(56)30-34/h1-27,33-35,41-42H,28-32H2. The monoisotopic (exact) mass is 730 g/mol. The van der Waals surface area contributed by atoms with E-state index < -0.39 is 0 Å². The molecule has 272 valence electrons. The van der Waals surface area contributed by atoms with Gasteiger partial charge in [-0.3, -0.25) is 0 Å². The maximum absolute atomic E-state index is 6.65. The molecule has 0 aliphatic heterocycles. The summed E-state index contributed by atoms with van der Waals surface area (Å²) in [6.07, 6.45) is 7.06. The summed E-state index contributed by atoms with van der Waals surface area (Å²) in [5, 5.41) is 4.94. The van der Waals surface area contributed by atoms with Crippen molar-refractivity contribution in [3.63, 3.8) is 0 Å². The van der Waals surface area contributed by atoms with Crippen LogP contribution < -0.4 is 0 Å². The second kappa shape index (κ2) is 11.9. The first-order valence-corrected chi connectivity index (χ1v) is 21.1. The van der Waals surface area contributed by atoms with Crippen LogP contribution in [0.25, 0.3) is 88.3 Å². The minimum atomic E-state index is 0.149.